The Morgan fingerprint density at radius 2 is 1.96 bits per heavy atom. The molecule has 0 spiro atoms. The van der Waals surface area contributed by atoms with Crippen molar-refractivity contribution < 1.29 is 14.1 Å². The number of nitrogens with one attached hydrogen (secondary N) is 1. The first-order chi connectivity index (χ1) is 13.0. The molecule has 3 rings (SSSR count). The number of hydrogen-bond donors (Lipinski definition) is 1. The molecule has 0 aliphatic rings. The van der Waals surface area contributed by atoms with Crippen molar-refractivity contribution in [2.24, 2.45) is 0 Å². The molecule has 2 aromatic carbocycles. The van der Waals surface area contributed by atoms with Gasteiger partial charge in [0.1, 0.15) is 17.5 Å². The summed E-state index contributed by atoms with van der Waals surface area (Å²) in [5.41, 5.74) is 2.87. The van der Waals surface area contributed by atoms with E-state index in [4.69, 9.17) is 9.26 Å². The van der Waals surface area contributed by atoms with Crippen LogP contribution in [0.25, 0.3) is 11.3 Å². The maximum absolute atomic E-state index is 12.4. The zero-order valence-electron chi connectivity index (χ0n) is 14.7. The van der Waals surface area contributed by atoms with Crippen molar-refractivity contribution in [3.05, 3.63) is 69.8 Å². The molecule has 0 saturated heterocycles. The number of nitrogens with zero attached hydrogens (tertiary/aromatic N) is 2. The van der Waals surface area contributed by atoms with Gasteiger partial charge in [-0.1, -0.05) is 39.3 Å². The third-order valence-electron chi connectivity index (χ3n) is 4.00. The maximum atomic E-state index is 12.4. The van der Waals surface area contributed by atoms with E-state index in [1.54, 1.807) is 38.1 Å². The number of aryl methyl sites for hydroxylation is 1. The van der Waals surface area contributed by atoms with Gasteiger partial charge in [-0.15, -0.1) is 0 Å². The second kappa shape index (κ2) is 8.06. The van der Waals surface area contributed by atoms with E-state index < -0.39 is 12.2 Å². The fourth-order valence-corrected chi connectivity index (χ4v) is 2.89. The summed E-state index contributed by atoms with van der Waals surface area (Å²) in [5, 5.41) is 15.8. The fraction of sp³-hybridized carbons (Fsp3) is 0.150. The highest BCUT2D eigenvalue weighted by molar-refractivity contribution is 9.10. The third-order valence-corrected chi connectivity index (χ3v) is 4.53. The van der Waals surface area contributed by atoms with Crippen LogP contribution in [0.1, 0.15) is 29.8 Å². The zero-order valence-corrected chi connectivity index (χ0v) is 16.3. The Kier molecular flexibility index (Phi) is 5.57. The molecule has 1 aromatic heterocycles. The van der Waals surface area contributed by atoms with Gasteiger partial charge in [0.05, 0.1) is 11.6 Å². The van der Waals surface area contributed by atoms with Crippen molar-refractivity contribution in [1.82, 2.24) is 5.16 Å². The molecule has 1 atom stereocenters. The van der Waals surface area contributed by atoms with Gasteiger partial charge in [0.15, 0.2) is 5.76 Å². The van der Waals surface area contributed by atoms with Crippen LogP contribution in [-0.2, 0) is 4.74 Å². The van der Waals surface area contributed by atoms with Gasteiger partial charge >= 0.3 is 6.09 Å². The highest BCUT2D eigenvalue weighted by Gasteiger charge is 2.20. The minimum Gasteiger partial charge on any atom is -0.441 e. The monoisotopic (exact) mass is 425 g/mol. The van der Waals surface area contributed by atoms with E-state index >= 15 is 0 Å². The van der Waals surface area contributed by atoms with Crippen LogP contribution in [0.3, 0.4) is 0 Å². The number of carbonyl (C=O) groups is 1. The number of anilines is 1. The molecule has 0 fully saturated rings. The highest BCUT2D eigenvalue weighted by Crippen LogP contribution is 2.32. The molecule has 0 aliphatic heterocycles. The number of rotatable bonds is 4. The lowest BCUT2D eigenvalue weighted by Crippen LogP contribution is -2.17. The topological polar surface area (TPSA) is 88.2 Å². The number of carbonyl (C=O) groups excluding carboxylic acids is 1. The lowest BCUT2D eigenvalue weighted by Gasteiger charge is -2.15. The summed E-state index contributed by atoms with van der Waals surface area (Å²) in [5.74, 6) is 0.446. The maximum Gasteiger partial charge on any atom is 0.412 e. The lowest BCUT2D eigenvalue weighted by atomic mass is 10.0. The average Bonchev–Trinajstić information content (AvgIpc) is 3.02. The molecule has 0 bridgehead atoms. The van der Waals surface area contributed by atoms with Crippen molar-refractivity contribution in [2.45, 2.75) is 20.0 Å². The normalized spacial score (nSPS) is 11.5. The van der Waals surface area contributed by atoms with E-state index in [0.29, 0.717) is 28.3 Å². The van der Waals surface area contributed by atoms with Gasteiger partial charge in [0.2, 0.25) is 0 Å². The molecule has 1 amide bonds. The fourth-order valence-electron chi connectivity index (χ4n) is 2.62. The number of amides is 1. The average molecular weight is 426 g/mol. The van der Waals surface area contributed by atoms with Crippen LogP contribution in [0.4, 0.5) is 10.5 Å². The first-order valence-electron chi connectivity index (χ1n) is 8.18. The molecule has 0 unspecified atom stereocenters. The predicted octanol–water partition coefficient (Wildman–Crippen LogP) is 5.59. The van der Waals surface area contributed by atoms with Crippen LogP contribution >= 0.6 is 15.9 Å². The van der Waals surface area contributed by atoms with Gasteiger partial charge in [0.25, 0.3) is 0 Å². The number of hydrogen-bond acceptors (Lipinski definition) is 5. The van der Waals surface area contributed by atoms with E-state index in [1.807, 2.05) is 24.3 Å². The molecule has 1 heterocycles. The molecule has 27 heavy (non-hydrogen) atoms. The van der Waals surface area contributed by atoms with Gasteiger partial charge in [-0.25, -0.2) is 4.79 Å². The number of nitriles is 1. The van der Waals surface area contributed by atoms with Crippen LogP contribution in [-0.4, -0.2) is 11.2 Å². The van der Waals surface area contributed by atoms with Gasteiger partial charge < -0.3 is 9.26 Å². The first kappa shape index (κ1) is 18.7. The summed E-state index contributed by atoms with van der Waals surface area (Å²) in [6.45, 7) is 3.45. The zero-order chi connectivity index (χ0) is 19.4. The number of benzene rings is 2. The molecular formula is C20H16BrN3O3. The van der Waals surface area contributed by atoms with E-state index in [0.717, 1.165) is 10.0 Å². The number of halogens is 1. The highest BCUT2D eigenvalue weighted by atomic mass is 79.9. The Balaban J connectivity index is 1.78. The molecule has 1 N–H and O–H groups in total. The molecule has 6 nitrogen and oxygen atoms in total. The van der Waals surface area contributed by atoms with Crippen LogP contribution in [0.15, 0.2) is 57.5 Å². The van der Waals surface area contributed by atoms with Crippen LogP contribution < -0.4 is 5.32 Å². The van der Waals surface area contributed by atoms with Crippen molar-refractivity contribution in [3.63, 3.8) is 0 Å². The molecule has 3 aromatic rings. The van der Waals surface area contributed by atoms with E-state index in [9.17, 15) is 10.1 Å². The quantitative estimate of drug-likeness (QED) is 0.587. The van der Waals surface area contributed by atoms with Crippen molar-refractivity contribution in [3.8, 4) is 17.4 Å². The molecule has 7 heteroatoms. The molecule has 0 radical (unpaired) electrons. The van der Waals surface area contributed by atoms with Crippen LogP contribution in [0.5, 0.6) is 0 Å². The van der Waals surface area contributed by atoms with E-state index in [-0.39, 0.29) is 0 Å². The van der Waals surface area contributed by atoms with E-state index in [1.165, 1.54) is 0 Å². The van der Waals surface area contributed by atoms with Gasteiger partial charge in [-0.05, 0) is 44.2 Å². The molecular weight excluding hydrogens is 410 g/mol. The van der Waals surface area contributed by atoms with Crippen molar-refractivity contribution in [1.29, 1.82) is 5.26 Å². The summed E-state index contributed by atoms with van der Waals surface area (Å²) >= 11 is 3.38. The number of aromatic nitrogens is 1. The minimum atomic E-state index is -0.653. The van der Waals surface area contributed by atoms with Gasteiger partial charge in [-0.3, -0.25) is 5.32 Å². The third kappa shape index (κ3) is 4.18. The molecule has 136 valence electrons. The van der Waals surface area contributed by atoms with Crippen molar-refractivity contribution in [2.75, 3.05) is 5.32 Å². The molecule has 0 aliphatic carbocycles. The second-order valence-electron chi connectivity index (χ2n) is 5.85. The smallest absolute Gasteiger partial charge is 0.412 e. The Labute approximate surface area is 164 Å². The minimum absolute atomic E-state index is 0.446. The Morgan fingerprint density at radius 1 is 1.26 bits per heavy atom. The molecule has 0 saturated carbocycles. The SMILES string of the molecule is Cc1noc(-c2ccc(Br)cc2)c1NC(=O)O[C@H](C)c1ccccc1C#N. The second-order valence-corrected chi connectivity index (χ2v) is 6.77. The van der Waals surface area contributed by atoms with Crippen molar-refractivity contribution >= 4 is 27.7 Å². The predicted molar refractivity (Wildman–Crippen MR) is 104 cm³/mol. The summed E-state index contributed by atoms with van der Waals surface area (Å²) in [6.07, 6.45) is -1.24. The lowest BCUT2D eigenvalue weighted by molar-refractivity contribution is 0.121. The first-order valence-corrected chi connectivity index (χ1v) is 8.97. The summed E-state index contributed by atoms with van der Waals surface area (Å²) in [6, 6.07) is 16.5. The Bertz CT molecular complexity index is 1010. The van der Waals surface area contributed by atoms with Gasteiger partial charge in [0, 0.05) is 15.6 Å². The largest absolute Gasteiger partial charge is 0.441 e. The van der Waals surface area contributed by atoms with E-state index in [2.05, 4.69) is 32.5 Å². The van der Waals surface area contributed by atoms with Crippen LogP contribution in [0.2, 0.25) is 0 Å². The number of ether oxygens (including phenoxy) is 1. The summed E-state index contributed by atoms with van der Waals surface area (Å²) < 4.78 is 11.7. The standard InChI is InChI=1S/C20H16BrN3O3/c1-12-18(19(27-24-12)14-7-9-16(21)10-8-14)23-20(25)26-13(2)17-6-4-3-5-15(17)11-22/h3-10,13H,1-2H3,(H,23,25)/t13-/m1/s1. The Hall–Kier alpha value is -3.11. The summed E-state index contributed by atoms with van der Waals surface area (Å²) in [7, 11) is 0. The summed E-state index contributed by atoms with van der Waals surface area (Å²) in [4.78, 5) is 12.4. The van der Waals surface area contributed by atoms with Gasteiger partial charge in [-0.2, -0.15) is 5.26 Å². The Morgan fingerprint density at radius 3 is 2.67 bits per heavy atom. The van der Waals surface area contributed by atoms with Crippen LogP contribution in [0, 0.1) is 18.3 Å².